The van der Waals surface area contributed by atoms with Gasteiger partial charge in [0.2, 0.25) is 0 Å². The van der Waals surface area contributed by atoms with E-state index in [2.05, 4.69) is 16.4 Å². The molecule has 4 heteroatoms. The van der Waals surface area contributed by atoms with E-state index in [-0.39, 0.29) is 10.8 Å². The van der Waals surface area contributed by atoms with Crippen molar-refractivity contribution in [1.29, 1.82) is 0 Å². The first-order chi connectivity index (χ1) is 9.43. The molecule has 1 saturated heterocycles. The second kappa shape index (κ2) is 6.27. The minimum Gasteiger partial charge on any atom is -0.497 e. The Morgan fingerprint density at radius 2 is 2.05 bits per heavy atom. The van der Waals surface area contributed by atoms with E-state index in [0.717, 1.165) is 25.1 Å². The van der Waals surface area contributed by atoms with Crippen LogP contribution in [0.25, 0.3) is 0 Å². The molecule has 0 saturated carbocycles. The van der Waals surface area contributed by atoms with E-state index in [0.29, 0.717) is 0 Å². The van der Waals surface area contributed by atoms with Crippen molar-refractivity contribution in [2.75, 3.05) is 13.7 Å². The number of hydrogen-bond acceptors (Lipinski definition) is 2. The van der Waals surface area contributed by atoms with Gasteiger partial charge in [0.05, 0.1) is 11.9 Å². The largest absolute Gasteiger partial charge is 0.497 e. The van der Waals surface area contributed by atoms with E-state index in [1.54, 1.807) is 7.11 Å². The van der Waals surface area contributed by atoms with Gasteiger partial charge in [0.25, 0.3) is 0 Å². The first-order valence-electron chi connectivity index (χ1n) is 7.26. The average Bonchev–Trinajstić information content (AvgIpc) is 2.45. The SMILES string of the molecule is COc1cccc([C@H]2CCCCN2[S@](=O)C(C)(C)C)c1. The quantitative estimate of drug-likeness (QED) is 0.851. The molecular formula is C16H25NO2S. The molecule has 3 nitrogen and oxygen atoms in total. The van der Waals surface area contributed by atoms with Gasteiger partial charge in [-0.25, -0.2) is 8.51 Å². The van der Waals surface area contributed by atoms with E-state index >= 15 is 0 Å². The molecule has 1 heterocycles. The van der Waals surface area contributed by atoms with Crippen LogP contribution < -0.4 is 4.74 Å². The van der Waals surface area contributed by atoms with Crippen molar-refractivity contribution >= 4 is 11.0 Å². The van der Waals surface area contributed by atoms with Crippen LogP contribution in [0.4, 0.5) is 0 Å². The van der Waals surface area contributed by atoms with Gasteiger partial charge in [-0.1, -0.05) is 18.6 Å². The molecule has 1 aromatic carbocycles. The number of ether oxygens (including phenoxy) is 1. The Hall–Kier alpha value is -0.870. The topological polar surface area (TPSA) is 29.5 Å². The normalized spacial score (nSPS) is 22.5. The lowest BCUT2D eigenvalue weighted by Gasteiger charge is -2.38. The molecule has 0 aliphatic carbocycles. The maximum absolute atomic E-state index is 12.8. The Bertz CT molecular complexity index is 482. The van der Waals surface area contributed by atoms with E-state index < -0.39 is 11.0 Å². The summed E-state index contributed by atoms with van der Waals surface area (Å²) in [5.74, 6) is 0.870. The molecule has 1 aliphatic rings. The minimum atomic E-state index is -0.970. The molecule has 2 rings (SSSR count). The second-order valence-corrected chi connectivity index (χ2v) is 8.48. The van der Waals surface area contributed by atoms with Crippen LogP contribution >= 0.6 is 0 Å². The summed E-state index contributed by atoms with van der Waals surface area (Å²) in [7, 11) is 0.715. The van der Waals surface area contributed by atoms with Gasteiger partial charge in [0, 0.05) is 12.6 Å². The summed E-state index contributed by atoms with van der Waals surface area (Å²) in [6, 6.07) is 8.39. The summed E-state index contributed by atoms with van der Waals surface area (Å²) in [6.45, 7) is 7.03. The van der Waals surface area contributed by atoms with Crippen LogP contribution in [0.5, 0.6) is 5.75 Å². The average molecular weight is 295 g/mol. The lowest BCUT2D eigenvalue weighted by molar-refractivity contribution is 0.263. The van der Waals surface area contributed by atoms with Crippen molar-refractivity contribution in [2.45, 2.75) is 50.8 Å². The molecule has 0 bridgehead atoms. The number of rotatable bonds is 3. The van der Waals surface area contributed by atoms with Gasteiger partial charge in [-0.05, 0) is 51.3 Å². The highest BCUT2D eigenvalue weighted by Crippen LogP contribution is 2.35. The van der Waals surface area contributed by atoms with Crippen molar-refractivity contribution < 1.29 is 8.95 Å². The Morgan fingerprint density at radius 1 is 1.30 bits per heavy atom. The number of piperidine rings is 1. The molecule has 0 radical (unpaired) electrons. The van der Waals surface area contributed by atoms with Crippen LogP contribution in [-0.4, -0.2) is 26.9 Å². The van der Waals surface area contributed by atoms with E-state index in [1.165, 1.54) is 12.0 Å². The van der Waals surface area contributed by atoms with Gasteiger partial charge in [0.15, 0.2) is 0 Å². The summed E-state index contributed by atoms with van der Waals surface area (Å²) >= 11 is 0. The van der Waals surface area contributed by atoms with Crippen molar-refractivity contribution in [2.24, 2.45) is 0 Å². The molecule has 1 aromatic rings. The van der Waals surface area contributed by atoms with Crippen LogP contribution in [0.2, 0.25) is 0 Å². The smallest absolute Gasteiger partial charge is 0.119 e. The van der Waals surface area contributed by atoms with Gasteiger partial charge in [-0.3, -0.25) is 0 Å². The van der Waals surface area contributed by atoms with Crippen molar-refractivity contribution in [3.05, 3.63) is 29.8 Å². The maximum atomic E-state index is 12.8. The summed E-state index contributed by atoms with van der Waals surface area (Å²) in [5, 5.41) is 0. The zero-order valence-electron chi connectivity index (χ0n) is 12.9. The summed E-state index contributed by atoms with van der Waals surface area (Å²) < 4.78 is 20.0. The maximum Gasteiger partial charge on any atom is 0.119 e. The summed E-state index contributed by atoms with van der Waals surface area (Å²) in [4.78, 5) is 0. The molecule has 0 spiro atoms. The Morgan fingerprint density at radius 3 is 2.70 bits per heavy atom. The molecule has 1 fully saturated rings. The number of hydrogen-bond donors (Lipinski definition) is 0. The minimum absolute atomic E-state index is 0.214. The molecule has 112 valence electrons. The highest BCUT2D eigenvalue weighted by molar-refractivity contribution is 7.84. The lowest BCUT2D eigenvalue weighted by Crippen LogP contribution is -2.42. The van der Waals surface area contributed by atoms with Crippen molar-refractivity contribution in [3.63, 3.8) is 0 Å². The predicted molar refractivity (Wildman–Crippen MR) is 84.2 cm³/mol. The Kier molecular flexibility index (Phi) is 4.86. The molecule has 1 aliphatic heterocycles. The van der Waals surface area contributed by atoms with E-state index in [4.69, 9.17) is 4.74 Å². The molecule has 0 aromatic heterocycles. The van der Waals surface area contributed by atoms with Crippen LogP contribution in [-0.2, 0) is 11.0 Å². The van der Waals surface area contributed by atoms with E-state index in [9.17, 15) is 4.21 Å². The fraction of sp³-hybridized carbons (Fsp3) is 0.625. The van der Waals surface area contributed by atoms with Gasteiger partial charge in [0.1, 0.15) is 16.7 Å². The monoisotopic (exact) mass is 295 g/mol. The van der Waals surface area contributed by atoms with Crippen molar-refractivity contribution in [1.82, 2.24) is 4.31 Å². The molecular weight excluding hydrogens is 270 g/mol. The first-order valence-corrected chi connectivity index (χ1v) is 8.37. The van der Waals surface area contributed by atoms with E-state index in [1.807, 2.05) is 32.9 Å². The predicted octanol–water partition coefficient (Wildman–Crippen LogP) is 3.68. The molecule has 0 amide bonds. The third kappa shape index (κ3) is 3.41. The number of benzene rings is 1. The first kappa shape index (κ1) is 15.5. The fourth-order valence-electron chi connectivity index (χ4n) is 2.64. The third-order valence-corrected chi connectivity index (χ3v) is 5.58. The van der Waals surface area contributed by atoms with Gasteiger partial charge in [-0.15, -0.1) is 0 Å². The zero-order valence-corrected chi connectivity index (χ0v) is 13.7. The third-order valence-electron chi connectivity index (χ3n) is 3.67. The van der Waals surface area contributed by atoms with Crippen molar-refractivity contribution in [3.8, 4) is 5.75 Å². The highest BCUT2D eigenvalue weighted by Gasteiger charge is 2.34. The van der Waals surface area contributed by atoms with Gasteiger partial charge in [-0.2, -0.15) is 0 Å². The molecule has 0 N–H and O–H groups in total. The standard InChI is InChI=1S/C16H25NO2S/c1-16(2,3)20(18)17-11-6-5-10-15(17)13-8-7-9-14(12-13)19-4/h7-9,12,15H,5-6,10-11H2,1-4H3/t15-,20-/m1/s1. The molecule has 0 unspecified atom stereocenters. The fourth-order valence-corrected chi connectivity index (χ4v) is 4.09. The van der Waals surface area contributed by atoms with Gasteiger partial charge >= 0.3 is 0 Å². The Balaban J connectivity index is 2.29. The summed E-state index contributed by atoms with van der Waals surface area (Å²) in [5.41, 5.74) is 1.21. The van der Waals surface area contributed by atoms with Gasteiger partial charge < -0.3 is 4.74 Å². The second-order valence-electron chi connectivity index (χ2n) is 6.29. The van der Waals surface area contributed by atoms with Crippen LogP contribution in [0.15, 0.2) is 24.3 Å². The zero-order chi connectivity index (χ0) is 14.8. The lowest BCUT2D eigenvalue weighted by atomic mass is 9.97. The highest BCUT2D eigenvalue weighted by atomic mass is 32.2. The molecule has 20 heavy (non-hydrogen) atoms. The van der Waals surface area contributed by atoms with Crippen LogP contribution in [0, 0.1) is 0 Å². The Labute approximate surface area is 124 Å². The molecule has 2 atom stereocenters. The summed E-state index contributed by atoms with van der Waals surface area (Å²) in [6.07, 6.45) is 3.39. The number of nitrogens with zero attached hydrogens (tertiary/aromatic N) is 1. The number of methoxy groups -OCH3 is 1. The van der Waals surface area contributed by atoms with Crippen LogP contribution in [0.3, 0.4) is 0 Å². The van der Waals surface area contributed by atoms with Crippen LogP contribution in [0.1, 0.15) is 51.6 Å².